The number of anilines is 1. The molecule has 176 valence electrons. The van der Waals surface area contributed by atoms with Crippen LogP contribution in [0.5, 0.6) is 5.75 Å². The predicted octanol–water partition coefficient (Wildman–Crippen LogP) is 5.19. The highest BCUT2D eigenvalue weighted by Crippen LogP contribution is 2.23. The Hall–Kier alpha value is -4.05. The van der Waals surface area contributed by atoms with Crippen LogP contribution in [0, 0.1) is 0 Å². The van der Waals surface area contributed by atoms with Crippen LogP contribution in [-0.2, 0) is 0 Å². The van der Waals surface area contributed by atoms with Crippen LogP contribution in [-0.4, -0.2) is 30.6 Å². The molecule has 3 aromatic carbocycles. The molecule has 0 aliphatic heterocycles. The highest BCUT2D eigenvalue weighted by atomic mass is 35.5. The number of ether oxygens (including phenoxy) is 1. The van der Waals surface area contributed by atoms with E-state index in [0.29, 0.717) is 21.9 Å². The van der Waals surface area contributed by atoms with Gasteiger partial charge in [-0.15, -0.1) is 13.2 Å². The van der Waals surface area contributed by atoms with E-state index in [1.165, 1.54) is 12.1 Å². The molecular formula is C23H18ClF3N4O3. The van der Waals surface area contributed by atoms with E-state index < -0.39 is 24.1 Å². The van der Waals surface area contributed by atoms with Crippen molar-refractivity contribution < 1.29 is 27.5 Å². The number of alkyl halides is 3. The van der Waals surface area contributed by atoms with Gasteiger partial charge < -0.3 is 15.4 Å². The van der Waals surface area contributed by atoms with Gasteiger partial charge in [0.1, 0.15) is 5.75 Å². The Morgan fingerprint density at radius 2 is 1.56 bits per heavy atom. The Labute approximate surface area is 197 Å². The van der Waals surface area contributed by atoms with Gasteiger partial charge >= 0.3 is 12.4 Å². The smallest absolute Gasteiger partial charge is 0.406 e. The molecule has 0 spiro atoms. The van der Waals surface area contributed by atoms with Gasteiger partial charge in [0.2, 0.25) is 0 Å². The first-order valence-electron chi connectivity index (χ1n) is 9.79. The van der Waals surface area contributed by atoms with Gasteiger partial charge in [-0.3, -0.25) is 4.79 Å². The van der Waals surface area contributed by atoms with Crippen molar-refractivity contribution in [1.82, 2.24) is 10.7 Å². The summed E-state index contributed by atoms with van der Waals surface area (Å²) in [6, 6.07) is 19.3. The van der Waals surface area contributed by atoms with Crippen molar-refractivity contribution in [2.75, 3.05) is 11.9 Å². The second-order valence-electron chi connectivity index (χ2n) is 6.73. The molecule has 0 fully saturated rings. The minimum absolute atomic E-state index is 0.0160. The van der Waals surface area contributed by atoms with Crippen molar-refractivity contribution in [2.24, 2.45) is 5.10 Å². The van der Waals surface area contributed by atoms with Crippen molar-refractivity contribution in [3.8, 4) is 5.75 Å². The number of nitrogens with one attached hydrogen (secondary N) is 3. The zero-order valence-electron chi connectivity index (χ0n) is 17.4. The van der Waals surface area contributed by atoms with E-state index in [-0.39, 0.29) is 12.2 Å². The van der Waals surface area contributed by atoms with Gasteiger partial charge in [-0.05, 0) is 42.0 Å². The molecule has 0 aliphatic carbocycles. The summed E-state index contributed by atoms with van der Waals surface area (Å²) in [6.07, 6.45) is -4.81. The van der Waals surface area contributed by atoms with Crippen LogP contribution in [0.15, 0.2) is 84.0 Å². The molecule has 0 bridgehead atoms. The van der Waals surface area contributed by atoms with Crippen LogP contribution in [0.4, 0.5) is 23.7 Å². The Balaban J connectivity index is 1.65. The molecule has 0 saturated carbocycles. The number of urea groups is 1. The van der Waals surface area contributed by atoms with E-state index in [0.717, 1.165) is 12.1 Å². The molecule has 3 aromatic rings. The standard InChI is InChI=1S/C23H18ClF3N4O3/c24-19-9-5-4-8-18(19)21(32)28-14-20(15-6-2-1-3-7-15)30-31-22(33)29-16-10-12-17(13-11-16)34-23(25,26)27/h1-13H,14H2,(H,28,32)(H2,29,31,33)/b30-20-. The Morgan fingerprint density at radius 1 is 0.912 bits per heavy atom. The van der Waals surface area contributed by atoms with Crippen molar-refractivity contribution in [3.05, 3.63) is 95.0 Å². The molecule has 0 radical (unpaired) electrons. The first-order valence-corrected chi connectivity index (χ1v) is 10.2. The van der Waals surface area contributed by atoms with Gasteiger partial charge in [0.15, 0.2) is 0 Å². The summed E-state index contributed by atoms with van der Waals surface area (Å²) in [7, 11) is 0. The molecule has 3 rings (SSSR count). The summed E-state index contributed by atoms with van der Waals surface area (Å²) in [6.45, 7) is -0.0160. The van der Waals surface area contributed by atoms with Crippen LogP contribution in [0.2, 0.25) is 5.02 Å². The monoisotopic (exact) mass is 490 g/mol. The fourth-order valence-corrected chi connectivity index (χ4v) is 2.98. The first-order chi connectivity index (χ1) is 16.2. The molecule has 3 amide bonds. The number of benzene rings is 3. The average Bonchev–Trinajstić information content (AvgIpc) is 2.80. The zero-order chi connectivity index (χ0) is 24.6. The Kier molecular flexibility index (Phi) is 8.10. The number of carbonyl (C=O) groups excluding carboxylic acids is 2. The second kappa shape index (κ2) is 11.2. The minimum Gasteiger partial charge on any atom is -0.406 e. The molecule has 0 heterocycles. The van der Waals surface area contributed by atoms with Crippen molar-refractivity contribution in [1.29, 1.82) is 0 Å². The van der Waals surface area contributed by atoms with E-state index >= 15 is 0 Å². The van der Waals surface area contributed by atoms with Crippen LogP contribution in [0.1, 0.15) is 15.9 Å². The van der Waals surface area contributed by atoms with Crippen molar-refractivity contribution in [2.45, 2.75) is 6.36 Å². The third kappa shape index (κ3) is 7.52. The molecule has 34 heavy (non-hydrogen) atoms. The molecule has 7 nitrogen and oxygen atoms in total. The highest BCUT2D eigenvalue weighted by Gasteiger charge is 2.30. The lowest BCUT2D eigenvalue weighted by Crippen LogP contribution is -2.33. The maximum Gasteiger partial charge on any atom is 0.573 e. The number of nitrogens with zero attached hydrogens (tertiary/aromatic N) is 1. The quantitative estimate of drug-likeness (QED) is 0.314. The lowest BCUT2D eigenvalue weighted by atomic mass is 10.1. The number of hydrazone groups is 1. The molecule has 0 saturated heterocycles. The maximum absolute atomic E-state index is 12.5. The van der Waals surface area contributed by atoms with Gasteiger partial charge in [0.05, 0.1) is 22.8 Å². The van der Waals surface area contributed by atoms with Crippen molar-refractivity contribution in [3.63, 3.8) is 0 Å². The van der Waals surface area contributed by atoms with E-state index in [4.69, 9.17) is 11.6 Å². The lowest BCUT2D eigenvalue weighted by Gasteiger charge is -2.11. The normalized spacial score (nSPS) is 11.5. The molecule has 0 atom stereocenters. The van der Waals surface area contributed by atoms with Gasteiger partial charge in [0.25, 0.3) is 5.91 Å². The van der Waals surface area contributed by atoms with Crippen molar-refractivity contribution >= 4 is 34.9 Å². The van der Waals surface area contributed by atoms with E-state index in [9.17, 15) is 22.8 Å². The summed E-state index contributed by atoms with van der Waals surface area (Å²) in [5.74, 6) is -0.836. The number of carbonyl (C=O) groups is 2. The van der Waals surface area contributed by atoms with Gasteiger partial charge in [-0.1, -0.05) is 54.1 Å². The fraction of sp³-hybridized carbons (Fsp3) is 0.0870. The predicted molar refractivity (Wildman–Crippen MR) is 122 cm³/mol. The highest BCUT2D eigenvalue weighted by molar-refractivity contribution is 6.33. The van der Waals surface area contributed by atoms with Crippen LogP contribution < -0.4 is 20.8 Å². The van der Waals surface area contributed by atoms with Crippen LogP contribution >= 0.6 is 11.6 Å². The third-order valence-electron chi connectivity index (χ3n) is 4.28. The largest absolute Gasteiger partial charge is 0.573 e. The zero-order valence-corrected chi connectivity index (χ0v) is 18.2. The SMILES string of the molecule is O=C(N/N=C(/CNC(=O)c1ccccc1Cl)c1ccccc1)Nc1ccc(OC(F)(F)F)cc1. The molecular weight excluding hydrogens is 473 g/mol. The first kappa shape index (κ1) is 24.6. The minimum atomic E-state index is -4.81. The molecule has 3 N–H and O–H groups in total. The second-order valence-corrected chi connectivity index (χ2v) is 7.13. The summed E-state index contributed by atoms with van der Waals surface area (Å²) >= 11 is 6.05. The number of rotatable bonds is 7. The van der Waals surface area contributed by atoms with E-state index in [1.807, 2.05) is 0 Å². The topological polar surface area (TPSA) is 91.8 Å². The van der Waals surface area contributed by atoms with E-state index in [1.54, 1.807) is 54.6 Å². The summed E-state index contributed by atoms with van der Waals surface area (Å²) in [5, 5.41) is 9.51. The maximum atomic E-state index is 12.5. The van der Waals surface area contributed by atoms with E-state index in [2.05, 4.69) is 25.9 Å². The number of hydrogen-bond donors (Lipinski definition) is 3. The molecule has 0 aliphatic rings. The summed E-state index contributed by atoms with van der Waals surface area (Å²) in [5.41, 5.74) is 3.82. The van der Waals surface area contributed by atoms with Gasteiger partial charge in [-0.25, -0.2) is 10.2 Å². The van der Waals surface area contributed by atoms with Crippen LogP contribution in [0.3, 0.4) is 0 Å². The fourth-order valence-electron chi connectivity index (χ4n) is 2.76. The van der Waals surface area contributed by atoms with Crippen LogP contribution in [0.25, 0.3) is 0 Å². The van der Waals surface area contributed by atoms with Gasteiger partial charge in [0, 0.05) is 5.69 Å². The third-order valence-corrected chi connectivity index (χ3v) is 4.61. The lowest BCUT2D eigenvalue weighted by molar-refractivity contribution is -0.274. The summed E-state index contributed by atoms with van der Waals surface area (Å²) in [4.78, 5) is 24.7. The van der Waals surface area contributed by atoms with Gasteiger partial charge in [-0.2, -0.15) is 5.10 Å². The number of amides is 3. The summed E-state index contributed by atoms with van der Waals surface area (Å²) < 4.78 is 40.5. The Morgan fingerprint density at radius 3 is 2.21 bits per heavy atom. The molecule has 0 unspecified atom stereocenters. The Bertz CT molecular complexity index is 1170. The average molecular weight is 491 g/mol. The molecule has 11 heteroatoms. The molecule has 0 aromatic heterocycles. The number of halogens is 4. The number of hydrogen-bond acceptors (Lipinski definition) is 4.